The van der Waals surface area contributed by atoms with Crippen LogP contribution in [-0.4, -0.2) is 55.6 Å². The molecule has 5 heteroatoms. The number of carbonyl (C=O) groups excluding carboxylic acids is 2. The van der Waals surface area contributed by atoms with Gasteiger partial charge in [-0.3, -0.25) is 4.79 Å². The molecule has 0 aliphatic carbocycles. The highest BCUT2D eigenvalue weighted by molar-refractivity contribution is 5.76. The monoisotopic (exact) mass is 200 g/mol. The summed E-state index contributed by atoms with van der Waals surface area (Å²) in [6.07, 6.45) is 1.05. The zero-order valence-corrected chi connectivity index (χ0v) is 8.65. The number of hydrogen-bond acceptors (Lipinski definition) is 3. The highest BCUT2D eigenvalue weighted by Crippen LogP contribution is 2.07. The van der Waals surface area contributed by atoms with Gasteiger partial charge in [-0.05, 0) is 6.42 Å². The molecular weight excluding hydrogens is 184 g/mol. The van der Waals surface area contributed by atoms with E-state index in [0.29, 0.717) is 19.4 Å². The van der Waals surface area contributed by atoms with E-state index in [1.807, 2.05) is 0 Å². The summed E-state index contributed by atoms with van der Waals surface area (Å²) < 4.78 is 4.51. The van der Waals surface area contributed by atoms with E-state index < -0.39 is 0 Å². The Kier molecular flexibility index (Phi) is 3.73. The number of rotatable bonds is 4. The minimum absolute atomic E-state index is 0.0508. The van der Waals surface area contributed by atoms with Gasteiger partial charge in [-0.15, -0.1) is 0 Å². The van der Waals surface area contributed by atoms with Crippen LogP contribution in [0.4, 0.5) is 4.79 Å². The van der Waals surface area contributed by atoms with Gasteiger partial charge in [0.1, 0.15) is 0 Å². The number of carbonyl (C=O) groups is 2. The third-order valence-corrected chi connectivity index (χ3v) is 2.34. The Hall–Kier alpha value is -1.26. The molecule has 0 bridgehead atoms. The van der Waals surface area contributed by atoms with Crippen LogP contribution in [0.2, 0.25) is 0 Å². The van der Waals surface area contributed by atoms with Crippen LogP contribution in [0.25, 0.3) is 0 Å². The maximum atomic E-state index is 11.4. The van der Waals surface area contributed by atoms with Crippen LogP contribution in [0, 0.1) is 0 Å². The molecule has 0 atom stereocenters. The van der Waals surface area contributed by atoms with Gasteiger partial charge in [-0.2, -0.15) is 0 Å². The Morgan fingerprint density at radius 2 is 2.21 bits per heavy atom. The van der Waals surface area contributed by atoms with E-state index in [1.54, 1.807) is 16.8 Å². The number of urea groups is 1. The van der Waals surface area contributed by atoms with E-state index in [9.17, 15) is 9.59 Å². The van der Waals surface area contributed by atoms with Crippen LogP contribution in [0.3, 0.4) is 0 Å². The van der Waals surface area contributed by atoms with Crippen molar-refractivity contribution in [1.82, 2.24) is 9.80 Å². The second kappa shape index (κ2) is 4.83. The molecule has 0 radical (unpaired) electrons. The van der Waals surface area contributed by atoms with Crippen LogP contribution in [-0.2, 0) is 9.53 Å². The molecule has 14 heavy (non-hydrogen) atoms. The largest absolute Gasteiger partial charge is 0.469 e. The summed E-state index contributed by atoms with van der Waals surface area (Å²) in [5, 5.41) is 0. The smallest absolute Gasteiger partial charge is 0.319 e. The lowest BCUT2D eigenvalue weighted by molar-refractivity contribution is -0.140. The van der Waals surface area contributed by atoms with Crippen LogP contribution in [0.5, 0.6) is 0 Å². The lowest BCUT2D eigenvalue weighted by Gasteiger charge is -2.14. The van der Waals surface area contributed by atoms with Crippen molar-refractivity contribution in [3.05, 3.63) is 0 Å². The van der Waals surface area contributed by atoms with Crippen molar-refractivity contribution in [2.45, 2.75) is 12.8 Å². The van der Waals surface area contributed by atoms with Gasteiger partial charge < -0.3 is 14.5 Å². The highest BCUT2D eigenvalue weighted by Gasteiger charge is 2.24. The minimum atomic E-state index is -0.218. The van der Waals surface area contributed by atoms with Crippen molar-refractivity contribution in [1.29, 1.82) is 0 Å². The molecule has 1 aliphatic heterocycles. The molecule has 1 aliphatic rings. The summed E-state index contributed by atoms with van der Waals surface area (Å²) >= 11 is 0. The van der Waals surface area contributed by atoms with Crippen molar-refractivity contribution in [2.24, 2.45) is 0 Å². The molecule has 0 N–H and O–H groups in total. The van der Waals surface area contributed by atoms with E-state index in [1.165, 1.54) is 7.11 Å². The zero-order valence-electron chi connectivity index (χ0n) is 8.65. The number of likely N-dealkylation sites (N-methyl/N-ethyl adjacent to an activating group) is 1. The Morgan fingerprint density at radius 3 is 2.71 bits per heavy atom. The van der Waals surface area contributed by atoms with Crippen molar-refractivity contribution < 1.29 is 14.3 Å². The number of methoxy groups -OCH3 is 1. The van der Waals surface area contributed by atoms with Gasteiger partial charge in [-0.25, -0.2) is 4.79 Å². The summed E-state index contributed by atoms with van der Waals surface area (Å²) in [5.41, 5.74) is 0. The summed E-state index contributed by atoms with van der Waals surface area (Å²) in [7, 11) is 3.15. The second-order valence-corrected chi connectivity index (χ2v) is 3.37. The summed E-state index contributed by atoms with van der Waals surface area (Å²) in [6.45, 7) is 2.17. The third-order valence-electron chi connectivity index (χ3n) is 2.34. The van der Waals surface area contributed by atoms with Crippen molar-refractivity contribution in [2.75, 3.05) is 33.8 Å². The lowest BCUT2D eigenvalue weighted by Crippen LogP contribution is -2.30. The van der Waals surface area contributed by atoms with E-state index in [0.717, 1.165) is 13.1 Å². The first-order chi connectivity index (χ1) is 6.65. The van der Waals surface area contributed by atoms with E-state index in [4.69, 9.17) is 0 Å². The predicted octanol–water partition coefficient (Wildman–Crippen LogP) is 0.307. The van der Waals surface area contributed by atoms with Crippen molar-refractivity contribution in [3.8, 4) is 0 Å². The molecule has 0 aromatic heterocycles. The molecule has 0 aromatic carbocycles. The average molecular weight is 200 g/mol. The Labute approximate surface area is 83.6 Å². The van der Waals surface area contributed by atoms with Gasteiger partial charge >= 0.3 is 12.0 Å². The van der Waals surface area contributed by atoms with E-state index in [2.05, 4.69) is 4.74 Å². The minimum Gasteiger partial charge on any atom is -0.469 e. The van der Waals surface area contributed by atoms with E-state index in [-0.39, 0.29) is 12.0 Å². The fraction of sp³-hybridized carbons (Fsp3) is 0.778. The first-order valence-electron chi connectivity index (χ1n) is 4.72. The average Bonchev–Trinajstić information content (AvgIpc) is 2.49. The summed E-state index contributed by atoms with van der Waals surface area (Å²) in [5.74, 6) is -0.218. The molecule has 5 nitrogen and oxygen atoms in total. The number of nitrogens with zero attached hydrogens (tertiary/aromatic N) is 2. The normalized spacial score (nSPS) is 16.3. The fourth-order valence-corrected chi connectivity index (χ4v) is 1.43. The standard InChI is InChI=1S/C9H16N2O3/c1-10-6-7-11(9(10)13)5-3-4-8(12)14-2/h3-7H2,1-2H3. The topological polar surface area (TPSA) is 49.9 Å². The molecule has 0 spiro atoms. The SMILES string of the molecule is COC(=O)CCCN1CCN(C)C1=O. The molecule has 0 saturated carbocycles. The van der Waals surface area contributed by atoms with Crippen molar-refractivity contribution in [3.63, 3.8) is 0 Å². The van der Waals surface area contributed by atoms with Gasteiger partial charge in [0.05, 0.1) is 7.11 Å². The Balaban J connectivity index is 2.19. The summed E-state index contributed by atoms with van der Waals surface area (Å²) in [4.78, 5) is 25.6. The number of esters is 1. The number of ether oxygens (including phenoxy) is 1. The quantitative estimate of drug-likeness (QED) is 0.613. The fourth-order valence-electron chi connectivity index (χ4n) is 1.43. The number of amides is 2. The van der Waals surface area contributed by atoms with Crippen molar-refractivity contribution >= 4 is 12.0 Å². The molecule has 1 saturated heterocycles. The molecule has 1 rings (SSSR count). The molecule has 1 heterocycles. The molecule has 0 unspecified atom stereocenters. The maximum absolute atomic E-state index is 11.4. The van der Waals surface area contributed by atoms with Gasteiger partial charge in [-0.1, -0.05) is 0 Å². The molecule has 80 valence electrons. The predicted molar refractivity (Wildman–Crippen MR) is 50.8 cm³/mol. The molecule has 1 fully saturated rings. The van der Waals surface area contributed by atoms with Crippen LogP contribution in [0.1, 0.15) is 12.8 Å². The number of hydrogen-bond donors (Lipinski definition) is 0. The lowest BCUT2D eigenvalue weighted by atomic mass is 10.3. The third kappa shape index (κ3) is 2.61. The van der Waals surface area contributed by atoms with Gasteiger partial charge in [0.15, 0.2) is 0 Å². The van der Waals surface area contributed by atoms with Gasteiger partial charge in [0.25, 0.3) is 0 Å². The molecule has 0 aromatic rings. The Bertz CT molecular complexity index is 230. The first-order valence-corrected chi connectivity index (χ1v) is 4.72. The highest BCUT2D eigenvalue weighted by atomic mass is 16.5. The molecular formula is C9H16N2O3. The van der Waals surface area contributed by atoms with Gasteiger partial charge in [0, 0.05) is 33.1 Å². The van der Waals surface area contributed by atoms with Crippen LogP contribution < -0.4 is 0 Å². The first kappa shape index (κ1) is 10.8. The van der Waals surface area contributed by atoms with E-state index >= 15 is 0 Å². The van der Waals surface area contributed by atoms with Gasteiger partial charge in [0.2, 0.25) is 0 Å². The summed E-state index contributed by atoms with van der Waals surface area (Å²) in [6, 6.07) is 0.0508. The zero-order chi connectivity index (χ0) is 10.6. The Morgan fingerprint density at radius 1 is 1.50 bits per heavy atom. The molecule has 2 amide bonds. The van der Waals surface area contributed by atoms with Crippen LogP contribution >= 0.6 is 0 Å². The van der Waals surface area contributed by atoms with Crippen LogP contribution in [0.15, 0.2) is 0 Å². The maximum Gasteiger partial charge on any atom is 0.319 e. The second-order valence-electron chi connectivity index (χ2n) is 3.37.